The molecule has 134 valence electrons. The highest BCUT2D eigenvalue weighted by atomic mass is 35.5. The molecular weight excluding hydrogens is 357 g/mol. The zero-order valence-electron chi connectivity index (χ0n) is 13.5. The number of hydrogen-bond donors (Lipinski definition) is 2. The highest BCUT2D eigenvalue weighted by molar-refractivity contribution is 6.33. The van der Waals surface area contributed by atoms with Crippen molar-refractivity contribution in [1.29, 1.82) is 0 Å². The first kappa shape index (κ1) is 19.0. The zero-order valence-corrected chi connectivity index (χ0v) is 14.2. The molecular formula is C16H16ClF3N4O. The molecule has 2 aromatic rings. The number of carbonyl (C=O) groups excluding carboxylic acids is 1. The van der Waals surface area contributed by atoms with Crippen LogP contribution in [0.15, 0.2) is 30.5 Å². The van der Waals surface area contributed by atoms with Gasteiger partial charge in [-0.1, -0.05) is 25.4 Å². The Morgan fingerprint density at radius 2 is 2.00 bits per heavy atom. The fraction of sp³-hybridized carbons (Fsp3) is 0.312. The lowest BCUT2D eigenvalue weighted by atomic mass is 10.2. The molecule has 0 bridgehead atoms. The van der Waals surface area contributed by atoms with Gasteiger partial charge in [-0.2, -0.15) is 13.2 Å². The number of carbonyl (C=O) groups is 1. The van der Waals surface area contributed by atoms with E-state index in [1.165, 1.54) is 12.3 Å². The number of rotatable bonds is 5. The summed E-state index contributed by atoms with van der Waals surface area (Å²) < 4.78 is 38.4. The van der Waals surface area contributed by atoms with Crippen LogP contribution in [0.25, 0.3) is 0 Å². The minimum Gasteiger partial charge on any atom is -0.350 e. The lowest BCUT2D eigenvalue weighted by Crippen LogP contribution is -2.28. The Kier molecular flexibility index (Phi) is 5.84. The van der Waals surface area contributed by atoms with E-state index in [-0.39, 0.29) is 28.3 Å². The molecule has 2 N–H and O–H groups in total. The van der Waals surface area contributed by atoms with E-state index in [4.69, 9.17) is 11.6 Å². The molecule has 0 spiro atoms. The Morgan fingerprint density at radius 3 is 2.64 bits per heavy atom. The molecule has 1 amide bonds. The maximum absolute atomic E-state index is 12.8. The van der Waals surface area contributed by atoms with E-state index in [2.05, 4.69) is 20.6 Å². The molecule has 0 radical (unpaired) electrons. The number of halogens is 4. The molecule has 0 saturated carbocycles. The van der Waals surface area contributed by atoms with Gasteiger partial charge in [0.05, 0.1) is 16.3 Å². The van der Waals surface area contributed by atoms with Crippen LogP contribution in [0.3, 0.4) is 0 Å². The zero-order chi connectivity index (χ0) is 18.6. The van der Waals surface area contributed by atoms with Gasteiger partial charge in [-0.3, -0.25) is 4.79 Å². The summed E-state index contributed by atoms with van der Waals surface area (Å²) >= 11 is 5.92. The van der Waals surface area contributed by atoms with E-state index in [1.807, 2.05) is 13.8 Å². The van der Waals surface area contributed by atoms with Crippen molar-refractivity contribution in [3.63, 3.8) is 0 Å². The van der Waals surface area contributed by atoms with E-state index in [0.29, 0.717) is 6.54 Å². The van der Waals surface area contributed by atoms with Crippen LogP contribution < -0.4 is 10.6 Å². The van der Waals surface area contributed by atoms with Crippen molar-refractivity contribution in [2.24, 2.45) is 5.92 Å². The van der Waals surface area contributed by atoms with Gasteiger partial charge in [-0.25, -0.2) is 9.97 Å². The Balaban J connectivity index is 2.21. The van der Waals surface area contributed by atoms with Gasteiger partial charge < -0.3 is 10.6 Å². The highest BCUT2D eigenvalue weighted by Crippen LogP contribution is 2.34. The average Bonchev–Trinajstić information content (AvgIpc) is 2.54. The minimum atomic E-state index is -4.50. The second kappa shape index (κ2) is 7.69. The van der Waals surface area contributed by atoms with Crippen molar-refractivity contribution < 1.29 is 18.0 Å². The fourth-order valence-electron chi connectivity index (χ4n) is 1.85. The van der Waals surface area contributed by atoms with Gasteiger partial charge in [0.2, 0.25) is 5.95 Å². The summed E-state index contributed by atoms with van der Waals surface area (Å²) in [6.07, 6.45) is -3.17. The first-order valence-corrected chi connectivity index (χ1v) is 7.79. The van der Waals surface area contributed by atoms with Gasteiger partial charge in [-0.15, -0.1) is 0 Å². The number of aromatic nitrogens is 2. The number of alkyl halides is 3. The highest BCUT2D eigenvalue weighted by Gasteiger charge is 2.31. The Hall–Kier alpha value is -2.35. The molecule has 1 aromatic heterocycles. The summed E-state index contributed by atoms with van der Waals surface area (Å²) in [7, 11) is 0. The van der Waals surface area contributed by atoms with Gasteiger partial charge in [0.25, 0.3) is 5.91 Å². The molecule has 5 nitrogen and oxygen atoms in total. The first-order chi connectivity index (χ1) is 11.7. The van der Waals surface area contributed by atoms with Crippen LogP contribution in [-0.4, -0.2) is 22.4 Å². The predicted molar refractivity (Wildman–Crippen MR) is 88.9 cm³/mol. The third-order valence-electron chi connectivity index (χ3n) is 3.10. The van der Waals surface area contributed by atoms with E-state index >= 15 is 0 Å². The second-order valence-electron chi connectivity index (χ2n) is 5.69. The van der Waals surface area contributed by atoms with Crippen molar-refractivity contribution in [2.45, 2.75) is 20.0 Å². The van der Waals surface area contributed by atoms with Crippen LogP contribution in [-0.2, 0) is 6.18 Å². The number of amides is 1. The van der Waals surface area contributed by atoms with Crippen molar-refractivity contribution >= 4 is 29.1 Å². The molecule has 9 heteroatoms. The largest absolute Gasteiger partial charge is 0.416 e. The van der Waals surface area contributed by atoms with E-state index in [9.17, 15) is 18.0 Å². The van der Waals surface area contributed by atoms with E-state index < -0.39 is 17.6 Å². The average molecular weight is 373 g/mol. The van der Waals surface area contributed by atoms with E-state index in [0.717, 1.165) is 18.2 Å². The third-order valence-corrected chi connectivity index (χ3v) is 3.43. The smallest absolute Gasteiger partial charge is 0.350 e. The monoisotopic (exact) mass is 372 g/mol. The van der Waals surface area contributed by atoms with Gasteiger partial charge >= 0.3 is 6.18 Å². The van der Waals surface area contributed by atoms with Gasteiger partial charge in [0, 0.05) is 12.7 Å². The lowest BCUT2D eigenvalue weighted by molar-refractivity contribution is -0.137. The van der Waals surface area contributed by atoms with Crippen molar-refractivity contribution in [3.8, 4) is 0 Å². The van der Waals surface area contributed by atoms with Gasteiger partial charge in [-0.05, 0) is 30.2 Å². The third kappa shape index (κ3) is 5.32. The molecule has 0 aliphatic heterocycles. The number of nitrogens with zero attached hydrogens (tertiary/aromatic N) is 2. The van der Waals surface area contributed by atoms with Crippen LogP contribution >= 0.6 is 11.6 Å². The SMILES string of the molecule is CC(C)CNC(=O)c1ccnc(Nc2cc(C(F)(F)F)ccc2Cl)n1. The van der Waals surface area contributed by atoms with Crippen LogP contribution in [0, 0.1) is 5.92 Å². The van der Waals surface area contributed by atoms with Gasteiger partial charge in [0.1, 0.15) is 5.69 Å². The molecule has 0 saturated heterocycles. The summed E-state index contributed by atoms with van der Waals surface area (Å²) in [5.41, 5.74) is -0.761. The Bertz CT molecular complexity index is 765. The van der Waals surface area contributed by atoms with Crippen molar-refractivity contribution in [3.05, 3.63) is 46.7 Å². The summed E-state index contributed by atoms with van der Waals surface area (Å²) in [6.45, 7) is 4.37. The molecule has 0 aliphatic rings. The number of benzene rings is 1. The number of hydrogen-bond acceptors (Lipinski definition) is 4. The van der Waals surface area contributed by atoms with E-state index in [1.54, 1.807) is 0 Å². The normalized spacial score (nSPS) is 11.5. The van der Waals surface area contributed by atoms with Crippen LogP contribution in [0.2, 0.25) is 5.02 Å². The minimum absolute atomic E-state index is 0.00349. The standard InChI is InChI=1S/C16H16ClF3N4O/c1-9(2)8-22-14(25)12-5-6-21-15(23-12)24-13-7-10(16(18,19)20)3-4-11(13)17/h3-7,9H,8H2,1-2H3,(H,22,25)(H,21,23,24). The molecule has 0 fully saturated rings. The first-order valence-electron chi connectivity index (χ1n) is 7.42. The van der Waals surface area contributed by atoms with Crippen molar-refractivity contribution in [1.82, 2.24) is 15.3 Å². The van der Waals surface area contributed by atoms with Gasteiger partial charge in [0.15, 0.2) is 0 Å². The Morgan fingerprint density at radius 1 is 1.28 bits per heavy atom. The molecule has 25 heavy (non-hydrogen) atoms. The summed E-state index contributed by atoms with van der Waals surface area (Å²) in [6, 6.07) is 4.28. The maximum atomic E-state index is 12.8. The fourth-order valence-corrected chi connectivity index (χ4v) is 2.02. The molecule has 0 aliphatic carbocycles. The lowest BCUT2D eigenvalue weighted by Gasteiger charge is -2.12. The van der Waals surface area contributed by atoms with Crippen molar-refractivity contribution in [2.75, 3.05) is 11.9 Å². The second-order valence-corrected chi connectivity index (χ2v) is 6.09. The molecule has 0 atom stereocenters. The van der Waals surface area contributed by atoms with Crippen LogP contribution in [0.4, 0.5) is 24.8 Å². The summed E-state index contributed by atoms with van der Waals surface area (Å²) in [4.78, 5) is 19.9. The molecule has 0 unspecified atom stereocenters. The molecule has 1 aromatic carbocycles. The van der Waals surface area contributed by atoms with Crippen LogP contribution in [0.5, 0.6) is 0 Å². The maximum Gasteiger partial charge on any atom is 0.416 e. The molecule has 1 heterocycles. The number of nitrogens with one attached hydrogen (secondary N) is 2. The summed E-state index contributed by atoms with van der Waals surface area (Å²) in [5, 5.41) is 5.38. The molecule has 2 rings (SSSR count). The number of anilines is 2. The Labute approximate surface area is 147 Å². The quantitative estimate of drug-likeness (QED) is 0.822. The topological polar surface area (TPSA) is 66.9 Å². The van der Waals surface area contributed by atoms with Crippen LogP contribution in [0.1, 0.15) is 29.9 Å². The predicted octanol–water partition coefficient (Wildman–Crippen LogP) is 4.28. The summed E-state index contributed by atoms with van der Waals surface area (Å²) in [5.74, 6) is -0.153.